The topological polar surface area (TPSA) is 55.9 Å². The number of aryl methyl sites for hydroxylation is 1. The number of amides is 2. The molecular formula is C23H30N4O2. The minimum atomic E-state index is -0.177. The van der Waals surface area contributed by atoms with Gasteiger partial charge in [0.15, 0.2) is 0 Å². The van der Waals surface area contributed by atoms with Gasteiger partial charge >= 0.3 is 0 Å². The van der Waals surface area contributed by atoms with Crippen LogP contribution in [0.5, 0.6) is 0 Å². The van der Waals surface area contributed by atoms with Crippen LogP contribution in [0.25, 0.3) is 0 Å². The van der Waals surface area contributed by atoms with Crippen molar-refractivity contribution in [1.82, 2.24) is 10.2 Å². The van der Waals surface area contributed by atoms with Crippen molar-refractivity contribution in [3.8, 4) is 0 Å². The lowest BCUT2D eigenvalue weighted by molar-refractivity contribution is -0.123. The van der Waals surface area contributed by atoms with E-state index in [9.17, 15) is 9.59 Å². The van der Waals surface area contributed by atoms with E-state index in [2.05, 4.69) is 22.2 Å². The summed E-state index contributed by atoms with van der Waals surface area (Å²) in [5.41, 5.74) is 4.10. The molecule has 0 aliphatic carbocycles. The van der Waals surface area contributed by atoms with E-state index >= 15 is 0 Å². The molecule has 1 saturated heterocycles. The molecule has 1 fully saturated rings. The molecule has 0 bridgehead atoms. The molecule has 29 heavy (non-hydrogen) atoms. The van der Waals surface area contributed by atoms with Crippen molar-refractivity contribution >= 4 is 23.2 Å². The molecule has 2 aromatic rings. The molecule has 6 nitrogen and oxygen atoms in total. The minimum Gasteiger partial charge on any atom is -0.369 e. The van der Waals surface area contributed by atoms with E-state index in [-0.39, 0.29) is 18.4 Å². The largest absolute Gasteiger partial charge is 0.369 e. The minimum absolute atomic E-state index is 0.00898. The average molecular weight is 395 g/mol. The van der Waals surface area contributed by atoms with Crippen LogP contribution in [0.4, 0.5) is 11.4 Å². The number of nitrogens with one attached hydrogen (secondary N) is 1. The molecule has 0 spiro atoms. The van der Waals surface area contributed by atoms with E-state index in [1.165, 1.54) is 17.4 Å². The van der Waals surface area contributed by atoms with Crippen molar-refractivity contribution in [2.75, 3.05) is 49.6 Å². The van der Waals surface area contributed by atoms with Gasteiger partial charge in [-0.1, -0.05) is 29.8 Å². The van der Waals surface area contributed by atoms with Crippen molar-refractivity contribution in [3.05, 3.63) is 59.7 Å². The van der Waals surface area contributed by atoms with Gasteiger partial charge in [-0.15, -0.1) is 0 Å². The van der Waals surface area contributed by atoms with E-state index in [1.54, 1.807) is 0 Å². The van der Waals surface area contributed by atoms with E-state index in [0.29, 0.717) is 6.54 Å². The average Bonchev–Trinajstić information content (AvgIpc) is 2.72. The second kappa shape index (κ2) is 9.56. The maximum Gasteiger partial charge on any atom is 0.240 e. The summed E-state index contributed by atoms with van der Waals surface area (Å²) in [6, 6.07) is 15.9. The Morgan fingerprint density at radius 1 is 0.966 bits per heavy atom. The van der Waals surface area contributed by atoms with Crippen LogP contribution in [0, 0.1) is 6.92 Å². The summed E-state index contributed by atoms with van der Waals surface area (Å²) in [7, 11) is 2.13. The van der Waals surface area contributed by atoms with Gasteiger partial charge in [-0.2, -0.15) is 0 Å². The predicted octanol–water partition coefficient (Wildman–Crippen LogP) is 2.42. The summed E-state index contributed by atoms with van der Waals surface area (Å²) in [6.07, 6.45) is 0. The van der Waals surface area contributed by atoms with Crippen LogP contribution in [0.1, 0.15) is 18.1 Å². The first-order valence-electron chi connectivity index (χ1n) is 10.1. The highest BCUT2D eigenvalue weighted by Crippen LogP contribution is 2.22. The Morgan fingerprint density at radius 3 is 2.17 bits per heavy atom. The fourth-order valence-electron chi connectivity index (χ4n) is 3.40. The van der Waals surface area contributed by atoms with Gasteiger partial charge in [-0.3, -0.25) is 9.59 Å². The lowest BCUT2D eigenvalue weighted by Gasteiger charge is -2.34. The highest BCUT2D eigenvalue weighted by Gasteiger charge is 2.18. The van der Waals surface area contributed by atoms with Crippen LogP contribution in [0.2, 0.25) is 0 Å². The van der Waals surface area contributed by atoms with Gasteiger partial charge in [-0.05, 0) is 43.8 Å². The Kier molecular flexibility index (Phi) is 6.88. The highest BCUT2D eigenvalue weighted by atomic mass is 16.2. The molecule has 1 N–H and O–H groups in total. The molecule has 1 aliphatic heterocycles. The molecule has 154 valence electrons. The third kappa shape index (κ3) is 5.81. The number of piperazine rings is 1. The molecule has 3 rings (SSSR count). The molecule has 1 heterocycles. The van der Waals surface area contributed by atoms with E-state index < -0.39 is 0 Å². The SMILES string of the molecule is CC(=O)N(CC(=O)NCc1ccc(C)cc1)c1ccc(N2CCN(C)CC2)cc1. The van der Waals surface area contributed by atoms with Crippen molar-refractivity contribution in [2.45, 2.75) is 20.4 Å². The van der Waals surface area contributed by atoms with Gasteiger partial charge in [-0.25, -0.2) is 0 Å². The molecule has 0 saturated carbocycles. The molecule has 6 heteroatoms. The van der Waals surface area contributed by atoms with Gasteiger partial charge in [0, 0.05) is 51.0 Å². The molecule has 1 aliphatic rings. The second-order valence-corrected chi connectivity index (χ2v) is 7.67. The molecule has 0 unspecified atom stereocenters. The molecule has 2 amide bonds. The summed E-state index contributed by atoms with van der Waals surface area (Å²) >= 11 is 0. The van der Waals surface area contributed by atoms with Crippen molar-refractivity contribution in [1.29, 1.82) is 0 Å². The first-order valence-corrected chi connectivity index (χ1v) is 10.1. The number of hydrogen-bond acceptors (Lipinski definition) is 4. The van der Waals surface area contributed by atoms with Crippen molar-refractivity contribution < 1.29 is 9.59 Å². The zero-order chi connectivity index (χ0) is 20.8. The standard InChI is InChI=1S/C23H30N4O2/c1-18-4-6-20(7-5-18)16-24-23(29)17-27(19(2)28)22-10-8-21(9-11-22)26-14-12-25(3)13-15-26/h4-11H,12-17H2,1-3H3,(H,24,29). The maximum atomic E-state index is 12.4. The lowest BCUT2D eigenvalue weighted by atomic mass is 10.1. The van der Waals surface area contributed by atoms with Gasteiger partial charge in [0.2, 0.25) is 11.8 Å². The number of rotatable bonds is 6. The Labute approximate surface area is 173 Å². The van der Waals surface area contributed by atoms with Crippen LogP contribution >= 0.6 is 0 Å². The zero-order valence-corrected chi connectivity index (χ0v) is 17.5. The molecule has 0 aromatic heterocycles. The highest BCUT2D eigenvalue weighted by molar-refractivity contribution is 5.97. The van der Waals surface area contributed by atoms with E-state index in [1.807, 2.05) is 55.5 Å². The molecular weight excluding hydrogens is 364 g/mol. The number of likely N-dealkylation sites (N-methyl/N-ethyl adjacent to an activating group) is 1. The maximum absolute atomic E-state index is 12.4. The smallest absolute Gasteiger partial charge is 0.240 e. The third-order valence-corrected chi connectivity index (χ3v) is 5.32. The number of anilines is 2. The van der Waals surface area contributed by atoms with Gasteiger partial charge in [0.05, 0.1) is 0 Å². The third-order valence-electron chi connectivity index (χ3n) is 5.32. The Bertz CT molecular complexity index is 825. The van der Waals surface area contributed by atoms with Gasteiger partial charge in [0.25, 0.3) is 0 Å². The summed E-state index contributed by atoms with van der Waals surface area (Å²) in [4.78, 5) is 30.7. The second-order valence-electron chi connectivity index (χ2n) is 7.67. The van der Waals surface area contributed by atoms with Crippen molar-refractivity contribution in [2.24, 2.45) is 0 Å². The number of nitrogens with zero attached hydrogens (tertiary/aromatic N) is 3. The van der Waals surface area contributed by atoms with Gasteiger partial charge < -0.3 is 20.0 Å². The summed E-state index contributed by atoms with van der Waals surface area (Å²) in [5, 5.41) is 2.90. The van der Waals surface area contributed by atoms with Crippen LogP contribution in [-0.2, 0) is 16.1 Å². The number of benzene rings is 2. The summed E-state index contributed by atoms with van der Waals surface area (Å²) in [5.74, 6) is -0.327. The van der Waals surface area contributed by atoms with E-state index in [0.717, 1.165) is 43.1 Å². The summed E-state index contributed by atoms with van der Waals surface area (Å²) in [6.45, 7) is 8.05. The Morgan fingerprint density at radius 2 is 1.59 bits per heavy atom. The first-order chi connectivity index (χ1) is 13.9. The monoisotopic (exact) mass is 394 g/mol. The Hall–Kier alpha value is -2.86. The fraction of sp³-hybridized carbons (Fsp3) is 0.391. The zero-order valence-electron chi connectivity index (χ0n) is 17.5. The Balaban J connectivity index is 1.59. The van der Waals surface area contributed by atoms with Crippen molar-refractivity contribution in [3.63, 3.8) is 0 Å². The van der Waals surface area contributed by atoms with Crippen LogP contribution in [0.3, 0.4) is 0 Å². The normalized spacial score (nSPS) is 14.5. The van der Waals surface area contributed by atoms with Crippen LogP contribution in [0.15, 0.2) is 48.5 Å². The predicted molar refractivity (Wildman–Crippen MR) is 117 cm³/mol. The molecule has 2 aromatic carbocycles. The number of hydrogen-bond donors (Lipinski definition) is 1. The number of carbonyl (C=O) groups is 2. The fourth-order valence-corrected chi connectivity index (χ4v) is 3.40. The first kappa shape index (κ1) is 20.9. The lowest BCUT2D eigenvalue weighted by Crippen LogP contribution is -2.44. The molecule has 0 atom stereocenters. The van der Waals surface area contributed by atoms with Gasteiger partial charge in [0.1, 0.15) is 6.54 Å². The van der Waals surface area contributed by atoms with Crippen LogP contribution in [-0.4, -0.2) is 56.5 Å². The molecule has 0 radical (unpaired) electrons. The quantitative estimate of drug-likeness (QED) is 0.818. The van der Waals surface area contributed by atoms with E-state index in [4.69, 9.17) is 0 Å². The van der Waals surface area contributed by atoms with Crippen LogP contribution < -0.4 is 15.1 Å². The number of carbonyl (C=O) groups excluding carboxylic acids is 2. The summed E-state index contributed by atoms with van der Waals surface area (Å²) < 4.78 is 0.